The maximum absolute atomic E-state index is 13.8. The number of rotatable bonds is 17. The van der Waals surface area contributed by atoms with Gasteiger partial charge in [0.25, 0.3) is 5.69 Å². The van der Waals surface area contributed by atoms with E-state index in [1.165, 1.54) is 13.8 Å². The topological polar surface area (TPSA) is 78.7 Å². The van der Waals surface area contributed by atoms with Crippen LogP contribution in [-0.2, 0) is 0 Å². The van der Waals surface area contributed by atoms with Gasteiger partial charge in [-0.3, -0.25) is 14.9 Å². The summed E-state index contributed by atoms with van der Waals surface area (Å²) in [5.41, 5.74) is -1.97. The summed E-state index contributed by atoms with van der Waals surface area (Å²) in [7, 11) is 0. The summed E-state index contributed by atoms with van der Waals surface area (Å²) in [5, 5.41) is 11.5. The van der Waals surface area contributed by atoms with Crippen molar-refractivity contribution in [2.45, 2.75) is 87.4 Å². The molecule has 24 heteroatoms. The summed E-state index contributed by atoms with van der Waals surface area (Å²) in [6, 6.07) is 0.731. The Morgan fingerprint density at radius 3 is 1.27 bits per heavy atom. The molecule has 0 aliphatic rings. The second-order valence-corrected chi connectivity index (χ2v) is 10.2. The van der Waals surface area contributed by atoms with Gasteiger partial charge in [0.2, 0.25) is 0 Å². The van der Waals surface area contributed by atoms with E-state index in [0.717, 1.165) is 0 Å². The van der Waals surface area contributed by atoms with Crippen molar-refractivity contribution in [2.24, 2.45) is 5.92 Å². The highest BCUT2D eigenvalue weighted by Gasteiger charge is 2.82. The Labute approximate surface area is 256 Å². The lowest BCUT2D eigenvalue weighted by atomic mass is 9.98. The second-order valence-electron chi connectivity index (χ2n) is 10.2. The fourth-order valence-electron chi connectivity index (χ4n) is 3.52. The van der Waals surface area contributed by atoms with Crippen molar-refractivity contribution in [1.29, 1.82) is 0 Å². The highest BCUT2D eigenvalue weighted by atomic mass is 19.4. The normalized spacial score (nSPS) is 14.4. The van der Waals surface area contributed by atoms with Crippen LogP contribution in [0, 0.1) is 16.0 Å². The number of carbonyl (C=O) groups excluding carboxylic acids is 1. The minimum Gasteiger partial charge on any atom is -0.490 e. The lowest BCUT2D eigenvalue weighted by Gasteiger charge is -2.33. The fourth-order valence-corrected chi connectivity index (χ4v) is 3.52. The Balaban J connectivity index is 3.30. The number of ether oxygens (including phenoxy) is 2. The van der Waals surface area contributed by atoms with Crippen LogP contribution >= 0.6 is 0 Å². The first-order chi connectivity index (χ1) is 21.2. The molecule has 0 amide bonds. The van der Waals surface area contributed by atoms with Crippen LogP contribution in [0.1, 0.15) is 49.9 Å². The number of nitrogens with zero attached hydrogens (tertiary/aromatic N) is 1. The number of hydrogen-bond donors (Lipinski definition) is 0. The molecule has 0 radical (unpaired) electrons. The summed E-state index contributed by atoms with van der Waals surface area (Å²) < 4.78 is 245. The van der Waals surface area contributed by atoms with E-state index in [2.05, 4.69) is 0 Å². The highest BCUT2D eigenvalue weighted by Crippen LogP contribution is 2.55. The monoisotopic (exact) mass is 745 g/mol. The summed E-state index contributed by atoms with van der Waals surface area (Å²) >= 11 is 0. The molecule has 1 aromatic rings. The van der Waals surface area contributed by atoms with Crippen LogP contribution in [0.5, 0.6) is 11.5 Å². The standard InChI is InChI=1S/C24H21F18NO5/c1-11(2)16(44)12-9-14(47-7-3-5-17(25,26)19(29,30)21(33,34)23(37,38)39)15(10-13(12)43(45)46)48-8-4-6-18(27,28)20(31,32)22(35,36)24(40,41)42/h9-11H,3-8H2,1-2H3. The van der Waals surface area contributed by atoms with E-state index < -0.39 is 126 Å². The zero-order chi connectivity index (χ0) is 38.1. The lowest BCUT2D eigenvalue weighted by Crippen LogP contribution is -2.60. The van der Waals surface area contributed by atoms with Gasteiger partial charge in [0.1, 0.15) is 0 Å². The first-order valence-electron chi connectivity index (χ1n) is 12.7. The summed E-state index contributed by atoms with van der Waals surface area (Å²) in [6.45, 7) is -0.281. The molecule has 0 atom stereocenters. The van der Waals surface area contributed by atoms with Crippen molar-refractivity contribution >= 4 is 11.5 Å². The average molecular weight is 745 g/mol. The van der Waals surface area contributed by atoms with Gasteiger partial charge in [-0.15, -0.1) is 0 Å². The third-order valence-electron chi connectivity index (χ3n) is 6.25. The van der Waals surface area contributed by atoms with Crippen molar-refractivity contribution in [3.05, 3.63) is 27.8 Å². The van der Waals surface area contributed by atoms with Gasteiger partial charge < -0.3 is 9.47 Å². The van der Waals surface area contributed by atoms with Crippen molar-refractivity contribution < 1.29 is 98.2 Å². The predicted octanol–water partition coefficient (Wildman–Crippen LogP) is 9.69. The van der Waals surface area contributed by atoms with Crippen LogP contribution in [0.2, 0.25) is 0 Å². The van der Waals surface area contributed by atoms with Gasteiger partial charge in [-0.2, -0.15) is 79.0 Å². The quantitative estimate of drug-likeness (QED) is 0.0522. The van der Waals surface area contributed by atoms with E-state index >= 15 is 0 Å². The summed E-state index contributed by atoms with van der Waals surface area (Å²) in [6.07, 6.45) is -22.0. The van der Waals surface area contributed by atoms with Gasteiger partial charge in [0.05, 0.1) is 29.8 Å². The average Bonchev–Trinajstić information content (AvgIpc) is 2.91. The number of halogens is 18. The van der Waals surface area contributed by atoms with Crippen LogP contribution in [0.3, 0.4) is 0 Å². The number of ketones is 1. The van der Waals surface area contributed by atoms with E-state index in [0.29, 0.717) is 12.1 Å². The zero-order valence-electron chi connectivity index (χ0n) is 23.8. The molecule has 0 aliphatic carbocycles. The third kappa shape index (κ3) is 8.25. The zero-order valence-corrected chi connectivity index (χ0v) is 23.8. The van der Waals surface area contributed by atoms with Gasteiger partial charge >= 0.3 is 47.9 Å². The van der Waals surface area contributed by atoms with Gasteiger partial charge in [0.15, 0.2) is 17.3 Å². The van der Waals surface area contributed by atoms with E-state index in [4.69, 9.17) is 9.47 Å². The Morgan fingerprint density at radius 2 is 0.979 bits per heavy atom. The number of Topliss-reactive ketones (excluding diaryl/α,β-unsaturated/α-hetero) is 1. The molecule has 48 heavy (non-hydrogen) atoms. The Bertz CT molecular complexity index is 1310. The maximum Gasteiger partial charge on any atom is 0.460 e. The highest BCUT2D eigenvalue weighted by molar-refractivity contribution is 6.01. The molecule has 0 N–H and O–H groups in total. The summed E-state index contributed by atoms with van der Waals surface area (Å²) in [4.78, 5) is 22.7. The van der Waals surface area contributed by atoms with Crippen LogP contribution in [0.15, 0.2) is 12.1 Å². The number of hydrogen-bond acceptors (Lipinski definition) is 5. The third-order valence-corrected chi connectivity index (χ3v) is 6.25. The predicted molar refractivity (Wildman–Crippen MR) is 124 cm³/mol. The molecule has 0 bridgehead atoms. The van der Waals surface area contributed by atoms with Crippen LogP contribution in [0.4, 0.5) is 84.7 Å². The van der Waals surface area contributed by atoms with Gasteiger partial charge in [-0.05, 0) is 12.8 Å². The minimum absolute atomic E-state index is 0.294. The van der Waals surface area contributed by atoms with Crippen LogP contribution in [-0.4, -0.2) is 71.8 Å². The lowest BCUT2D eigenvalue weighted by molar-refractivity contribution is -0.396. The molecule has 0 saturated carbocycles. The smallest absolute Gasteiger partial charge is 0.460 e. The van der Waals surface area contributed by atoms with E-state index in [9.17, 15) is 93.9 Å². The Kier molecular flexibility index (Phi) is 12.3. The molecular weight excluding hydrogens is 724 g/mol. The molecule has 0 aliphatic heterocycles. The molecule has 1 rings (SSSR count). The SMILES string of the molecule is CC(C)C(=O)c1cc(OCCCC(F)(F)C(F)(F)C(F)(F)C(F)(F)F)c(OCCCC(F)(F)C(F)(F)C(F)(F)C(F)(F)F)cc1[N+](=O)[O-]. The number of benzene rings is 1. The first kappa shape index (κ1) is 42.7. The van der Waals surface area contributed by atoms with Crippen molar-refractivity contribution in [1.82, 2.24) is 0 Å². The van der Waals surface area contributed by atoms with E-state index in [1.54, 1.807) is 0 Å². The fraction of sp³-hybridized carbons (Fsp3) is 0.708. The maximum atomic E-state index is 13.8. The van der Waals surface area contributed by atoms with E-state index in [-0.39, 0.29) is 0 Å². The van der Waals surface area contributed by atoms with Gasteiger partial charge in [0, 0.05) is 24.8 Å². The van der Waals surface area contributed by atoms with Gasteiger partial charge in [-0.25, -0.2) is 0 Å². The molecule has 0 saturated heterocycles. The minimum atomic E-state index is -7.21. The number of carbonyl (C=O) groups is 1. The van der Waals surface area contributed by atoms with E-state index in [1.807, 2.05) is 0 Å². The molecule has 0 spiro atoms. The molecule has 0 fully saturated rings. The van der Waals surface area contributed by atoms with Crippen molar-refractivity contribution in [3.8, 4) is 11.5 Å². The molecule has 0 heterocycles. The molecular formula is C24H21F18NO5. The summed E-state index contributed by atoms with van der Waals surface area (Å²) in [5.74, 6) is -44.6. The Hall–Kier alpha value is -3.37. The number of nitro benzene ring substituents is 1. The molecule has 1 aromatic carbocycles. The first-order valence-corrected chi connectivity index (χ1v) is 12.7. The molecule has 0 unspecified atom stereocenters. The van der Waals surface area contributed by atoms with Crippen molar-refractivity contribution in [3.63, 3.8) is 0 Å². The molecule has 0 aromatic heterocycles. The van der Waals surface area contributed by atoms with Gasteiger partial charge in [-0.1, -0.05) is 13.8 Å². The number of nitro groups is 1. The molecule has 6 nitrogen and oxygen atoms in total. The van der Waals surface area contributed by atoms with Crippen LogP contribution < -0.4 is 9.47 Å². The Morgan fingerprint density at radius 1 is 0.646 bits per heavy atom. The molecule has 278 valence electrons. The van der Waals surface area contributed by atoms with Crippen molar-refractivity contribution in [2.75, 3.05) is 13.2 Å². The largest absolute Gasteiger partial charge is 0.490 e. The number of alkyl halides is 18. The second kappa shape index (κ2) is 13.9. The van der Waals surface area contributed by atoms with Crippen LogP contribution in [0.25, 0.3) is 0 Å².